The van der Waals surface area contributed by atoms with Crippen molar-refractivity contribution in [3.8, 4) is 0 Å². The van der Waals surface area contributed by atoms with E-state index in [1.165, 1.54) is 42.6 Å². The normalized spacial score (nSPS) is 10.5. The van der Waals surface area contributed by atoms with Crippen LogP contribution >= 0.6 is 15.8 Å². The molecule has 0 unspecified atom stereocenters. The summed E-state index contributed by atoms with van der Waals surface area (Å²) < 4.78 is 0.975. The monoisotopic (exact) mass is 709 g/mol. The van der Waals surface area contributed by atoms with Crippen LogP contribution in [0.3, 0.4) is 0 Å². The summed E-state index contributed by atoms with van der Waals surface area (Å²) in [4.78, 5) is 0. The van der Waals surface area contributed by atoms with Crippen LogP contribution < -0.4 is 36.4 Å². The van der Waals surface area contributed by atoms with Crippen LogP contribution in [0.25, 0.3) is 10.8 Å². The summed E-state index contributed by atoms with van der Waals surface area (Å²) >= 11 is 4.85. The molecule has 0 heterocycles. The van der Waals surface area contributed by atoms with E-state index < -0.39 is 15.8 Å². The summed E-state index contributed by atoms with van der Waals surface area (Å²) in [6.07, 6.45) is 0. The molecule has 0 aromatic heterocycles. The predicted molar refractivity (Wildman–Crippen MR) is 214 cm³/mol. The minimum absolute atomic E-state index is 0.446. The second-order valence-electron chi connectivity index (χ2n) is 11.1. The van der Waals surface area contributed by atoms with E-state index in [2.05, 4.69) is 200 Å². The molecule has 0 N–H and O–H groups in total. The van der Waals surface area contributed by atoms with Gasteiger partial charge in [0.1, 0.15) is 0 Å². The first-order valence-electron chi connectivity index (χ1n) is 16.3. The molecule has 0 spiro atoms. The fourth-order valence-electron chi connectivity index (χ4n) is 5.52. The zero-order valence-electron chi connectivity index (χ0n) is 27.1. The van der Waals surface area contributed by atoms with Gasteiger partial charge < -0.3 is 0 Å². The Hall–Kier alpha value is -4.63. The van der Waals surface area contributed by atoms with Gasteiger partial charge in [-0.25, -0.2) is 0 Å². The average Bonchev–Trinajstić information content (AvgIpc) is 3.18. The first-order valence-corrected chi connectivity index (χ1v) is 19.5. The zero-order valence-corrected chi connectivity index (χ0v) is 29.8. The number of benzene rings is 8. The molecular formula is C46H37NiP2. The SMILES string of the molecule is [Ni][c]1cccc2ccccc12.c1ccc(P(c2ccccc2)c2ccccc2)cc1.c1ccc(P(c2ccccc2)c2ccccc2)cc1. The summed E-state index contributed by atoms with van der Waals surface area (Å²) in [6, 6.07) is 78.9. The van der Waals surface area contributed by atoms with Gasteiger partial charge in [-0.1, -0.05) is 182 Å². The van der Waals surface area contributed by atoms with E-state index in [-0.39, 0.29) is 0 Å². The number of fused-ring (bicyclic) bond motifs is 1. The molecule has 0 bridgehead atoms. The smallest absolute Gasteiger partial charge is 0.0134 e. The van der Waals surface area contributed by atoms with Gasteiger partial charge in [0.2, 0.25) is 0 Å². The molecule has 8 aromatic rings. The van der Waals surface area contributed by atoms with Crippen LogP contribution in [0.4, 0.5) is 0 Å². The molecule has 0 saturated carbocycles. The molecule has 0 nitrogen and oxygen atoms in total. The second kappa shape index (κ2) is 18.2. The van der Waals surface area contributed by atoms with Crippen molar-refractivity contribution in [3.63, 3.8) is 0 Å². The van der Waals surface area contributed by atoms with Gasteiger partial charge in [-0.2, -0.15) is 0 Å². The average molecular weight is 710 g/mol. The fraction of sp³-hybridized carbons (Fsp3) is 0. The summed E-state index contributed by atoms with van der Waals surface area (Å²) in [6.45, 7) is 0. The third-order valence-corrected chi connectivity index (χ3v) is 13.1. The molecule has 0 aliphatic heterocycles. The minimum atomic E-state index is -0.446. The van der Waals surface area contributed by atoms with Gasteiger partial charge in [0.05, 0.1) is 0 Å². The van der Waals surface area contributed by atoms with Gasteiger partial charge in [0.25, 0.3) is 0 Å². The van der Waals surface area contributed by atoms with E-state index >= 15 is 0 Å². The molecule has 0 aliphatic carbocycles. The minimum Gasteiger partial charge on any atom is -0.0622 e. The number of hydrogen-bond acceptors (Lipinski definition) is 0. The summed E-state index contributed by atoms with van der Waals surface area (Å²) in [5.74, 6) is 0. The molecule has 0 atom stereocenters. The van der Waals surface area contributed by atoms with Crippen molar-refractivity contribution in [2.75, 3.05) is 0 Å². The molecule has 241 valence electrons. The van der Waals surface area contributed by atoms with Crippen molar-refractivity contribution in [3.05, 3.63) is 224 Å². The fourth-order valence-corrected chi connectivity index (χ4v) is 10.5. The van der Waals surface area contributed by atoms with Crippen molar-refractivity contribution < 1.29 is 15.5 Å². The predicted octanol–water partition coefficient (Wildman–Crippen LogP) is 8.90. The quantitative estimate of drug-likeness (QED) is 0.120. The van der Waals surface area contributed by atoms with Gasteiger partial charge in [0, 0.05) is 0 Å². The third kappa shape index (κ3) is 9.51. The molecule has 0 fully saturated rings. The Morgan fingerprint density at radius 3 is 0.776 bits per heavy atom. The van der Waals surface area contributed by atoms with Gasteiger partial charge in [-0.15, -0.1) is 0 Å². The molecule has 8 rings (SSSR count). The van der Waals surface area contributed by atoms with Crippen molar-refractivity contribution >= 4 is 63.0 Å². The summed E-state index contributed by atoms with van der Waals surface area (Å²) in [7, 11) is -0.892. The van der Waals surface area contributed by atoms with Crippen molar-refractivity contribution in [1.29, 1.82) is 0 Å². The molecule has 0 aliphatic rings. The van der Waals surface area contributed by atoms with Crippen LogP contribution in [-0.2, 0) is 15.5 Å². The second-order valence-corrected chi connectivity index (χ2v) is 16.1. The Morgan fingerprint density at radius 1 is 0.245 bits per heavy atom. The standard InChI is InChI=1S/2C18H15P.C10H7.Ni/c2*1-4-10-16(11-5-1)19(17-12-6-2-7-13-17)18-14-8-3-9-15-18;1-2-6-10-8-4-3-7-9(10)5-1;/h2*1-15H;1-7H;. The Balaban J connectivity index is 0.000000132. The Labute approximate surface area is 301 Å². The van der Waals surface area contributed by atoms with Gasteiger partial charge in [0.15, 0.2) is 0 Å². The van der Waals surface area contributed by atoms with Crippen LogP contribution in [0.15, 0.2) is 224 Å². The van der Waals surface area contributed by atoms with E-state index in [0.29, 0.717) is 0 Å². The van der Waals surface area contributed by atoms with Gasteiger partial charge in [-0.05, 0) is 47.7 Å². The third-order valence-electron chi connectivity index (χ3n) is 7.80. The van der Waals surface area contributed by atoms with Gasteiger partial charge >= 0.3 is 73.2 Å². The van der Waals surface area contributed by atoms with E-state index in [1.54, 1.807) is 0 Å². The maximum Gasteiger partial charge on any atom is -0.0134 e. The van der Waals surface area contributed by atoms with E-state index in [0.717, 1.165) is 4.53 Å². The topological polar surface area (TPSA) is 0 Å². The molecule has 0 saturated heterocycles. The van der Waals surface area contributed by atoms with E-state index in [9.17, 15) is 0 Å². The van der Waals surface area contributed by atoms with E-state index in [1.807, 2.05) is 24.3 Å². The maximum atomic E-state index is 4.85. The molecule has 49 heavy (non-hydrogen) atoms. The Kier molecular flexibility index (Phi) is 12.7. The summed E-state index contributed by atoms with van der Waals surface area (Å²) in [5, 5.41) is 10.8. The molecule has 8 aromatic carbocycles. The van der Waals surface area contributed by atoms with E-state index in [4.69, 9.17) is 15.5 Å². The van der Waals surface area contributed by atoms with Crippen molar-refractivity contribution in [2.45, 2.75) is 0 Å². The molecule has 3 heteroatoms. The first-order chi connectivity index (χ1) is 24.3. The molecule has 0 radical (unpaired) electrons. The molecular weight excluding hydrogens is 673 g/mol. The zero-order chi connectivity index (χ0) is 33.5. The largest absolute Gasteiger partial charge is 0.0622 e. The van der Waals surface area contributed by atoms with Crippen LogP contribution in [0.5, 0.6) is 0 Å². The van der Waals surface area contributed by atoms with Crippen molar-refractivity contribution in [1.82, 2.24) is 0 Å². The Bertz CT molecular complexity index is 1800. The van der Waals surface area contributed by atoms with Crippen LogP contribution in [0.1, 0.15) is 0 Å². The first kappa shape index (κ1) is 34.2. The Morgan fingerprint density at radius 2 is 0.490 bits per heavy atom. The number of hydrogen-bond donors (Lipinski definition) is 0. The van der Waals surface area contributed by atoms with Crippen molar-refractivity contribution in [2.24, 2.45) is 0 Å². The summed E-state index contributed by atoms with van der Waals surface area (Å²) in [5.41, 5.74) is 0. The molecule has 0 amide bonds. The van der Waals surface area contributed by atoms with Crippen LogP contribution in [-0.4, -0.2) is 0 Å². The number of rotatable bonds is 6. The van der Waals surface area contributed by atoms with Gasteiger partial charge in [-0.3, -0.25) is 0 Å². The van der Waals surface area contributed by atoms with Crippen LogP contribution in [0, 0.1) is 0 Å². The maximum absolute atomic E-state index is 4.85. The van der Waals surface area contributed by atoms with Crippen LogP contribution in [0.2, 0.25) is 0 Å².